The smallest absolute Gasteiger partial charge is 0.207 e. The second-order valence-corrected chi connectivity index (χ2v) is 4.07. The summed E-state index contributed by atoms with van der Waals surface area (Å²) in [6.07, 6.45) is 0.812. The minimum Gasteiger partial charge on any atom is -0.207 e. The third kappa shape index (κ3) is 2.73. The van der Waals surface area contributed by atoms with Gasteiger partial charge in [0.15, 0.2) is 0 Å². The van der Waals surface area contributed by atoms with Crippen LogP contribution in [0.2, 0.25) is 6.32 Å². The predicted octanol–water partition coefficient (Wildman–Crippen LogP) is 2.59. The van der Waals surface area contributed by atoms with Crippen LogP contribution >= 0.6 is 0 Å². The van der Waals surface area contributed by atoms with Crippen LogP contribution in [0.25, 0.3) is 0 Å². The van der Waals surface area contributed by atoms with E-state index in [1.54, 1.807) is 12.1 Å². The van der Waals surface area contributed by atoms with E-state index in [2.05, 4.69) is 0 Å². The topological polar surface area (TPSA) is 0 Å². The zero-order chi connectivity index (χ0) is 12.3. The fourth-order valence-corrected chi connectivity index (χ4v) is 2.11. The maximum Gasteiger partial charge on any atom is 0.209 e. The van der Waals surface area contributed by atoms with Crippen LogP contribution < -0.4 is 10.9 Å². The third-order valence-corrected chi connectivity index (χ3v) is 2.91. The molecule has 0 aliphatic carbocycles. The quantitative estimate of drug-likeness (QED) is 0.711. The van der Waals surface area contributed by atoms with Crippen molar-refractivity contribution in [1.82, 2.24) is 0 Å². The van der Waals surface area contributed by atoms with Crippen molar-refractivity contribution in [2.24, 2.45) is 0 Å². The molecule has 2 rings (SSSR count). The molecule has 86 valence electrons. The molecule has 0 saturated heterocycles. The molecule has 0 spiro atoms. The van der Waals surface area contributed by atoms with E-state index in [1.807, 2.05) is 19.1 Å². The van der Waals surface area contributed by atoms with E-state index in [1.165, 1.54) is 24.3 Å². The molecule has 3 heteroatoms. The SMILES string of the molecule is CCB(c1cccc(F)c1)c1cccc(F)c1. The van der Waals surface area contributed by atoms with Crippen LogP contribution in [-0.2, 0) is 0 Å². The molecule has 0 fully saturated rings. The third-order valence-electron chi connectivity index (χ3n) is 2.91. The van der Waals surface area contributed by atoms with Gasteiger partial charge in [0.1, 0.15) is 11.6 Å². The van der Waals surface area contributed by atoms with Crippen molar-refractivity contribution >= 4 is 17.6 Å². The zero-order valence-corrected chi connectivity index (χ0v) is 9.66. The molecule has 0 atom stereocenters. The van der Waals surface area contributed by atoms with E-state index in [9.17, 15) is 8.78 Å². The molecular formula is C14H13BF2. The lowest BCUT2D eigenvalue weighted by atomic mass is 9.39. The van der Waals surface area contributed by atoms with Gasteiger partial charge in [0.2, 0.25) is 6.71 Å². The molecule has 0 N–H and O–H groups in total. The summed E-state index contributed by atoms with van der Waals surface area (Å²) in [7, 11) is 0. The average Bonchev–Trinajstić information content (AvgIpc) is 2.30. The monoisotopic (exact) mass is 230 g/mol. The predicted molar refractivity (Wildman–Crippen MR) is 68.3 cm³/mol. The molecule has 2 aromatic rings. The molecule has 0 saturated carbocycles. The number of rotatable bonds is 3. The Morgan fingerprint density at radius 2 is 1.35 bits per heavy atom. The van der Waals surface area contributed by atoms with Crippen molar-refractivity contribution in [3.05, 3.63) is 60.2 Å². The van der Waals surface area contributed by atoms with Gasteiger partial charge in [-0.15, -0.1) is 0 Å². The molecule has 0 heterocycles. The van der Waals surface area contributed by atoms with E-state index in [-0.39, 0.29) is 18.3 Å². The first-order valence-electron chi connectivity index (χ1n) is 5.71. The summed E-state index contributed by atoms with van der Waals surface area (Å²) in [6, 6.07) is 13.0. The van der Waals surface area contributed by atoms with Gasteiger partial charge in [0.05, 0.1) is 0 Å². The van der Waals surface area contributed by atoms with Crippen molar-refractivity contribution < 1.29 is 8.78 Å². The van der Waals surface area contributed by atoms with Crippen LogP contribution in [0.15, 0.2) is 48.5 Å². The standard InChI is InChI=1S/C14H13BF2/c1-2-15(11-5-3-7-13(16)9-11)12-6-4-8-14(17)10-12/h3-10H,2H2,1H3. The summed E-state index contributed by atoms with van der Waals surface area (Å²) >= 11 is 0. The van der Waals surface area contributed by atoms with E-state index in [0.29, 0.717) is 0 Å². The van der Waals surface area contributed by atoms with E-state index in [0.717, 1.165) is 17.2 Å². The van der Waals surface area contributed by atoms with Crippen LogP contribution in [0, 0.1) is 11.6 Å². The largest absolute Gasteiger partial charge is 0.209 e. The highest BCUT2D eigenvalue weighted by Crippen LogP contribution is 2.01. The van der Waals surface area contributed by atoms with Gasteiger partial charge in [-0.1, -0.05) is 48.4 Å². The summed E-state index contributed by atoms with van der Waals surface area (Å²) in [4.78, 5) is 0. The van der Waals surface area contributed by atoms with Gasteiger partial charge in [-0.3, -0.25) is 0 Å². The lowest BCUT2D eigenvalue weighted by Crippen LogP contribution is -2.41. The van der Waals surface area contributed by atoms with Crippen LogP contribution in [0.3, 0.4) is 0 Å². The molecule has 0 nitrogen and oxygen atoms in total. The first-order valence-corrected chi connectivity index (χ1v) is 5.71. The summed E-state index contributed by atoms with van der Waals surface area (Å²) < 4.78 is 26.4. The first kappa shape index (κ1) is 11.8. The van der Waals surface area contributed by atoms with Crippen LogP contribution in [0.5, 0.6) is 0 Å². The summed E-state index contributed by atoms with van der Waals surface area (Å²) in [5.41, 5.74) is 1.77. The van der Waals surface area contributed by atoms with Gasteiger partial charge in [-0.2, -0.15) is 0 Å². The van der Waals surface area contributed by atoms with Crippen molar-refractivity contribution in [2.45, 2.75) is 13.2 Å². The first-order chi connectivity index (χ1) is 8.20. The Morgan fingerprint density at radius 1 is 0.882 bits per heavy atom. The van der Waals surface area contributed by atoms with Gasteiger partial charge in [-0.25, -0.2) is 8.78 Å². The molecule has 0 aliphatic heterocycles. The Kier molecular flexibility index (Phi) is 3.57. The van der Waals surface area contributed by atoms with Crippen molar-refractivity contribution in [1.29, 1.82) is 0 Å². The van der Waals surface area contributed by atoms with Gasteiger partial charge >= 0.3 is 0 Å². The lowest BCUT2D eigenvalue weighted by Gasteiger charge is -2.12. The second kappa shape index (κ2) is 5.13. The highest BCUT2D eigenvalue weighted by Gasteiger charge is 2.17. The van der Waals surface area contributed by atoms with E-state index >= 15 is 0 Å². The average molecular weight is 230 g/mol. The highest BCUT2D eigenvalue weighted by molar-refractivity contribution is 6.85. The molecule has 0 amide bonds. The Labute approximate surface area is 100 Å². The molecule has 0 aromatic heterocycles. The normalized spacial score (nSPS) is 10.3. The second-order valence-electron chi connectivity index (χ2n) is 4.07. The summed E-state index contributed by atoms with van der Waals surface area (Å²) in [6.45, 7) is 2.06. The summed E-state index contributed by atoms with van der Waals surface area (Å²) in [5.74, 6) is -0.505. The van der Waals surface area contributed by atoms with Gasteiger partial charge in [-0.05, 0) is 24.3 Å². The number of benzene rings is 2. The Morgan fingerprint density at radius 3 is 1.71 bits per heavy atom. The molecule has 0 radical (unpaired) electrons. The molecule has 0 unspecified atom stereocenters. The lowest BCUT2D eigenvalue weighted by molar-refractivity contribution is 0.629. The van der Waals surface area contributed by atoms with Crippen LogP contribution in [0.1, 0.15) is 6.92 Å². The maximum absolute atomic E-state index is 13.2. The number of hydrogen-bond donors (Lipinski definition) is 0. The van der Waals surface area contributed by atoms with Gasteiger partial charge in [0.25, 0.3) is 0 Å². The van der Waals surface area contributed by atoms with Gasteiger partial charge < -0.3 is 0 Å². The minimum absolute atomic E-state index is 0.0430. The molecular weight excluding hydrogens is 217 g/mol. The summed E-state index contributed by atoms with van der Waals surface area (Å²) in [5, 5.41) is 0. The molecule has 0 aliphatic rings. The number of halogens is 2. The van der Waals surface area contributed by atoms with Crippen molar-refractivity contribution in [3.8, 4) is 0 Å². The Hall–Kier alpha value is -1.64. The fourth-order valence-electron chi connectivity index (χ4n) is 2.11. The highest BCUT2D eigenvalue weighted by atomic mass is 19.1. The maximum atomic E-state index is 13.2. The van der Waals surface area contributed by atoms with Crippen LogP contribution in [0.4, 0.5) is 8.78 Å². The van der Waals surface area contributed by atoms with Crippen molar-refractivity contribution in [3.63, 3.8) is 0 Å². The van der Waals surface area contributed by atoms with Gasteiger partial charge in [0, 0.05) is 0 Å². The molecule has 17 heavy (non-hydrogen) atoms. The molecule has 0 bridgehead atoms. The Balaban J connectivity index is 2.40. The minimum atomic E-state index is -0.252. The van der Waals surface area contributed by atoms with E-state index < -0.39 is 0 Å². The Bertz CT molecular complexity index is 466. The van der Waals surface area contributed by atoms with Crippen LogP contribution in [-0.4, -0.2) is 6.71 Å². The number of hydrogen-bond acceptors (Lipinski definition) is 0. The molecule has 2 aromatic carbocycles. The van der Waals surface area contributed by atoms with Crippen molar-refractivity contribution in [2.75, 3.05) is 0 Å². The fraction of sp³-hybridized carbons (Fsp3) is 0.143. The zero-order valence-electron chi connectivity index (χ0n) is 9.66. The van der Waals surface area contributed by atoms with E-state index in [4.69, 9.17) is 0 Å².